The number of thiazole rings is 1. The number of rotatable bonds is 3. The number of carbonyl (C=O) groups is 2. The van der Waals surface area contributed by atoms with E-state index in [9.17, 15) is 18.0 Å². The third-order valence-electron chi connectivity index (χ3n) is 3.08. The van der Waals surface area contributed by atoms with E-state index in [1.165, 1.54) is 19.1 Å². The number of nitrogens with zero attached hydrogens (tertiary/aromatic N) is 3. The number of aromatic nitrogens is 1. The van der Waals surface area contributed by atoms with Crippen LogP contribution in [0, 0.1) is 13.8 Å². The van der Waals surface area contributed by atoms with Crippen molar-refractivity contribution < 1.29 is 18.0 Å². The molecule has 0 bridgehead atoms. The third kappa shape index (κ3) is 3.46. The quantitative estimate of drug-likeness (QED) is 0.777. The van der Waals surface area contributed by atoms with Gasteiger partial charge in [0.1, 0.15) is 0 Å². The fraction of sp³-hybridized carbons (Fsp3) is 0.267. The Labute approximate surface area is 144 Å². The maximum atomic E-state index is 12.9. The van der Waals surface area contributed by atoms with Gasteiger partial charge in [-0.25, -0.2) is 4.98 Å². The highest BCUT2D eigenvalue weighted by atomic mass is 32.2. The number of amides is 2. The molecule has 1 aromatic heterocycles. The van der Waals surface area contributed by atoms with Crippen molar-refractivity contribution in [2.75, 3.05) is 5.01 Å². The van der Waals surface area contributed by atoms with Crippen molar-refractivity contribution in [2.24, 2.45) is 0 Å². The Hall–Kier alpha value is -2.26. The highest BCUT2D eigenvalue weighted by Crippen LogP contribution is 2.27. The number of carbonyl (C=O) groups excluding carboxylic acids is 2. The smallest absolute Gasteiger partial charge is 0.273 e. The molecule has 0 spiro atoms. The number of hydrazine groups is 1. The van der Waals surface area contributed by atoms with E-state index < -0.39 is 21.8 Å². The van der Waals surface area contributed by atoms with Gasteiger partial charge in [0, 0.05) is 19.2 Å². The molecule has 0 atom stereocenters. The molecule has 9 heteroatoms. The van der Waals surface area contributed by atoms with Crippen LogP contribution in [0.25, 0.3) is 0 Å². The number of aryl methyl sites for hydroxylation is 2. The van der Waals surface area contributed by atoms with Crippen LogP contribution in [-0.2, 0) is 19.6 Å². The summed E-state index contributed by atoms with van der Waals surface area (Å²) in [4.78, 5) is 28.2. The SMILES string of the molecule is CC(=O)N(c1nc(C)cs1)N(C(C)=O)S(=O)(=O)c1ccc(C)cc1. The van der Waals surface area contributed by atoms with Crippen LogP contribution >= 0.6 is 11.3 Å². The van der Waals surface area contributed by atoms with Crippen LogP contribution in [0.1, 0.15) is 25.1 Å². The molecular formula is C15H17N3O4S2. The van der Waals surface area contributed by atoms with Crippen molar-refractivity contribution >= 4 is 38.3 Å². The van der Waals surface area contributed by atoms with Gasteiger partial charge in [0.2, 0.25) is 11.0 Å². The molecule has 0 saturated heterocycles. The lowest BCUT2D eigenvalue weighted by atomic mass is 10.2. The summed E-state index contributed by atoms with van der Waals surface area (Å²) in [6.07, 6.45) is 0. The monoisotopic (exact) mass is 367 g/mol. The highest BCUT2D eigenvalue weighted by molar-refractivity contribution is 7.89. The van der Waals surface area contributed by atoms with Crippen LogP contribution in [0.4, 0.5) is 5.13 Å². The van der Waals surface area contributed by atoms with Crippen LogP contribution in [-0.4, -0.2) is 29.6 Å². The van der Waals surface area contributed by atoms with Gasteiger partial charge in [0.25, 0.3) is 15.9 Å². The van der Waals surface area contributed by atoms with E-state index >= 15 is 0 Å². The summed E-state index contributed by atoms with van der Waals surface area (Å²) in [7, 11) is -4.24. The van der Waals surface area contributed by atoms with E-state index in [1.807, 2.05) is 6.92 Å². The minimum absolute atomic E-state index is 0.0807. The predicted octanol–water partition coefficient (Wildman–Crippen LogP) is 2.27. The van der Waals surface area contributed by atoms with Gasteiger partial charge in [-0.05, 0) is 26.0 Å². The molecule has 7 nitrogen and oxygen atoms in total. The Bertz CT molecular complexity index is 872. The Balaban J connectivity index is 2.60. The van der Waals surface area contributed by atoms with Crippen LogP contribution in [0.15, 0.2) is 34.5 Å². The largest absolute Gasteiger partial charge is 0.284 e. The third-order valence-corrected chi connectivity index (χ3v) is 5.76. The summed E-state index contributed by atoms with van der Waals surface area (Å²) in [5.41, 5.74) is 1.50. The number of hydrogen-bond donors (Lipinski definition) is 0. The maximum absolute atomic E-state index is 12.9. The minimum atomic E-state index is -4.24. The molecule has 2 rings (SSSR count). The lowest BCUT2D eigenvalue weighted by Gasteiger charge is -2.30. The second-order valence-corrected chi connectivity index (χ2v) is 7.79. The molecule has 0 aliphatic carbocycles. The summed E-state index contributed by atoms with van der Waals surface area (Å²) >= 11 is 1.08. The Morgan fingerprint density at radius 1 is 1.04 bits per heavy atom. The van der Waals surface area contributed by atoms with E-state index in [2.05, 4.69) is 4.98 Å². The van der Waals surface area contributed by atoms with Crippen molar-refractivity contribution in [3.63, 3.8) is 0 Å². The first-order valence-electron chi connectivity index (χ1n) is 7.00. The number of sulfonamides is 1. The Kier molecular flexibility index (Phi) is 5.05. The molecule has 2 amide bonds. The molecule has 128 valence electrons. The molecule has 24 heavy (non-hydrogen) atoms. The van der Waals surface area contributed by atoms with E-state index in [0.717, 1.165) is 28.8 Å². The second kappa shape index (κ2) is 6.70. The van der Waals surface area contributed by atoms with Gasteiger partial charge in [-0.15, -0.1) is 15.8 Å². The lowest BCUT2D eigenvalue weighted by Crippen LogP contribution is -2.51. The average molecular weight is 367 g/mol. The van der Waals surface area contributed by atoms with Gasteiger partial charge in [-0.3, -0.25) is 9.59 Å². The van der Waals surface area contributed by atoms with Crippen LogP contribution in [0.5, 0.6) is 0 Å². The van der Waals surface area contributed by atoms with E-state index in [-0.39, 0.29) is 10.0 Å². The van der Waals surface area contributed by atoms with Crippen molar-refractivity contribution in [1.29, 1.82) is 0 Å². The first kappa shape index (κ1) is 18.1. The van der Waals surface area contributed by atoms with Crippen molar-refractivity contribution in [3.05, 3.63) is 40.9 Å². The van der Waals surface area contributed by atoms with Crippen LogP contribution < -0.4 is 5.01 Å². The van der Waals surface area contributed by atoms with Gasteiger partial charge in [-0.2, -0.15) is 13.4 Å². The fourth-order valence-electron chi connectivity index (χ4n) is 2.01. The predicted molar refractivity (Wildman–Crippen MR) is 90.9 cm³/mol. The first-order chi connectivity index (χ1) is 11.1. The Morgan fingerprint density at radius 2 is 1.62 bits per heavy atom. The molecule has 1 aromatic carbocycles. The number of benzene rings is 1. The van der Waals surface area contributed by atoms with Gasteiger partial charge < -0.3 is 0 Å². The Morgan fingerprint density at radius 3 is 2.04 bits per heavy atom. The molecule has 2 aromatic rings. The molecule has 0 N–H and O–H groups in total. The van der Waals surface area contributed by atoms with Crippen LogP contribution in [0.3, 0.4) is 0 Å². The van der Waals surface area contributed by atoms with Crippen molar-refractivity contribution in [2.45, 2.75) is 32.6 Å². The molecule has 0 saturated carbocycles. The zero-order valence-electron chi connectivity index (χ0n) is 13.7. The van der Waals surface area contributed by atoms with Gasteiger partial charge in [0.05, 0.1) is 10.6 Å². The summed E-state index contributed by atoms with van der Waals surface area (Å²) in [6, 6.07) is 6.03. The lowest BCUT2D eigenvalue weighted by molar-refractivity contribution is -0.129. The summed E-state index contributed by atoms with van der Waals surface area (Å²) in [5, 5.41) is 2.57. The summed E-state index contributed by atoms with van der Waals surface area (Å²) in [5.74, 6) is -1.44. The van der Waals surface area contributed by atoms with Crippen molar-refractivity contribution in [3.8, 4) is 0 Å². The molecule has 0 aliphatic heterocycles. The maximum Gasteiger partial charge on any atom is 0.284 e. The number of hydrogen-bond acceptors (Lipinski definition) is 6. The molecular weight excluding hydrogens is 350 g/mol. The highest BCUT2D eigenvalue weighted by Gasteiger charge is 2.36. The van der Waals surface area contributed by atoms with Gasteiger partial charge in [0.15, 0.2) is 0 Å². The standard InChI is InChI=1S/C15H17N3O4S2/c1-10-5-7-14(8-6-10)24(21,22)18(13(4)20)17(12(3)19)15-16-11(2)9-23-15/h5-9H,1-4H3. The van der Waals surface area contributed by atoms with Crippen LogP contribution in [0.2, 0.25) is 0 Å². The van der Waals surface area contributed by atoms with Gasteiger partial charge in [-0.1, -0.05) is 17.7 Å². The number of anilines is 1. The molecule has 0 unspecified atom stereocenters. The molecule has 0 radical (unpaired) electrons. The zero-order valence-corrected chi connectivity index (χ0v) is 15.3. The van der Waals surface area contributed by atoms with Crippen molar-refractivity contribution in [1.82, 2.24) is 9.40 Å². The van der Waals surface area contributed by atoms with E-state index in [1.54, 1.807) is 24.4 Å². The second-order valence-electron chi connectivity index (χ2n) is 5.18. The fourth-order valence-corrected chi connectivity index (χ4v) is 4.32. The van der Waals surface area contributed by atoms with E-state index in [0.29, 0.717) is 10.1 Å². The molecule has 0 aliphatic rings. The first-order valence-corrected chi connectivity index (χ1v) is 9.32. The normalized spacial score (nSPS) is 11.2. The topological polar surface area (TPSA) is 87.7 Å². The zero-order chi connectivity index (χ0) is 18.1. The molecule has 0 fully saturated rings. The minimum Gasteiger partial charge on any atom is -0.273 e. The summed E-state index contributed by atoms with van der Waals surface area (Å²) in [6.45, 7) is 5.80. The average Bonchev–Trinajstić information content (AvgIpc) is 2.90. The summed E-state index contributed by atoms with van der Waals surface area (Å²) < 4.78 is 26.3. The van der Waals surface area contributed by atoms with E-state index in [4.69, 9.17) is 0 Å². The van der Waals surface area contributed by atoms with Gasteiger partial charge >= 0.3 is 0 Å². The molecule has 1 heterocycles.